The minimum absolute atomic E-state index is 0.236. The van der Waals surface area contributed by atoms with Gasteiger partial charge in [0.05, 0.1) is 0 Å². The van der Waals surface area contributed by atoms with Gasteiger partial charge in [-0.05, 0) is 38.5 Å². The molecule has 0 fully saturated rings. The van der Waals surface area contributed by atoms with Crippen LogP contribution in [-0.4, -0.2) is 18.0 Å². The number of carbonyl (C=O) groups is 1. The van der Waals surface area contributed by atoms with E-state index in [1.807, 2.05) is 6.08 Å². The lowest BCUT2D eigenvalue weighted by molar-refractivity contribution is -0.107. The zero-order valence-corrected chi connectivity index (χ0v) is 12.7. The van der Waals surface area contributed by atoms with E-state index in [0.29, 0.717) is 0 Å². The van der Waals surface area contributed by atoms with Crippen molar-refractivity contribution >= 4 is 6.29 Å². The normalized spacial score (nSPS) is 12.1. The molecule has 2 heteroatoms. The summed E-state index contributed by atoms with van der Waals surface area (Å²) in [5.41, 5.74) is 0. The monoisotopic (exact) mass is 278 g/mol. The Kier molecular flexibility index (Phi) is 16.8. The van der Waals surface area contributed by atoms with Crippen LogP contribution in [0.1, 0.15) is 64.2 Å². The molecule has 114 valence electrons. The van der Waals surface area contributed by atoms with Crippen molar-refractivity contribution in [2.24, 2.45) is 0 Å². The maximum absolute atomic E-state index is 10.1. The molecule has 0 aliphatic rings. The maximum Gasteiger partial charge on any atom is 0.119 e. The van der Waals surface area contributed by atoms with E-state index in [1.54, 1.807) is 0 Å². The number of hydrogen-bond donors (Lipinski definition) is 1. The molecule has 0 aromatic carbocycles. The number of aliphatic hydroxyl groups excluding tert-OH is 1. The van der Waals surface area contributed by atoms with Crippen LogP contribution in [0.15, 0.2) is 36.5 Å². The quantitative estimate of drug-likeness (QED) is 0.283. The topological polar surface area (TPSA) is 37.3 Å². The van der Waals surface area contributed by atoms with Crippen LogP contribution in [0.2, 0.25) is 0 Å². The molecular formula is C18H30O2. The van der Waals surface area contributed by atoms with Crippen molar-refractivity contribution < 1.29 is 9.90 Å². The van der Waals surface area contributed by atoms with Gasteiger partial charge in [0.15, 0.2) is 0 Å². The van der Waals surface area contributed by atoms with Crippen molar-refractivity contribution in [3.63, 3.8) is 0 Å². The molecule has 0 aliphatic heterocycles. The zero-order chi connectivity index (χ0) is 14.7. The Morgan fingerprint density at radius 2 is 1.10 bits per heavy atom. The number of aldehydes is 1. The van der Waals surface area contributed by atoms with Crippen LogP contribution in [0.5, 0.6) is 0 Å². The highest BCUT2D eigenvalue weighted by Gasteiger charge is 1.89. The second-order valence-electron chi connectivity index (χ2n) is 4.91. The van der Waals surface area contributed by atoms with Gasteiger partial charge < -0.3 is 9.90 Å². The Hall–Kier alpha value is -1.15. The van der Waals surface area contributed by atoms with Gasteiger partial charge in [-0.1, -0.05) is 55.7 Å². The highest BCUT2D eigenvalue weighted by molar-refractivity contribution is 5.48. The molecule has 0 rings (SSSR count). The van der Waals surface area contributed by atoms with Crippen LogP contribution >= 0.6 is 0 Å². The minimum atomic E-state index is 0.236. The lowest BCUT2D eigenvalue weighted by atomic mass is 10.1. The van der Waals surface area contributed by atoms with E-state index in [1.165, 1.54) is 25.7 Å². The van der Waals surface area contributed by atoms with Crippen LogP contribution in [-0.2, 0) is 4.79 Å². The lowest BCUT2D eigenvalue weighted by Gasteiger charge is -1.97. The molecule has 0 aromatic heterocycles. The number of rotatable bonds is 14. The third-order valence-corrected chi connectivity index (χ3v) is 3.03. The molecule has 0 unspecified atom stereocenters. The maximum atomic E-state index is 10.1. The summed E-state index contributed by atoms with van der Waals surface area (Å²) in [6.07, 6.45) is 24.6. The molecule has 0 atom stereocenters. The Labute approximate surface area is 124 Å². The predicted molar refractivity (Wildman–Crippen MR) is 86.7 cm³/mol. The number of aliphatic hydroxyl groups is 1. The first kappa shape index (κ1) is 18.9. The van der Waals surface area contributed by atoms with Crippen molar-refractivity contribution in [1.82, 2.24) is 0 Å². The molecule has 0 saturated carbocycles. The van der Waals surface area contributed by atoms with Crippen LogP contribution in [0.4, 0.5) is 0 Å². The van der Waals surface area contributed by atoms with Gasteiger partial charge in [-0.2, -0.15) is 0 Å². The largest absolute Gasteiger partial charge is 0.396 e. The number of unbranched alkanes of at least 4 members (excludes halogenated alkanes) is 6. The third-order valence-electron chi connectivity index (χ3n) is 3.03. The van der Waals surface area contributed by atoms with Crippen LogP contribution in [0.25, 0.3) is 0 Å². The number of carbonyl (C=O) groups excluding carboxylic acids is 1. The molecule has 2 nitrogen and oxygen atoms in total. The molecule has 0 spiro atoms. The smallest absolute Gasteiger partial charge is 0.119 e. The second kappa shape index (κ2) is 17.8. The Bertz CT molecular complexity index is 277. The van der Waals surface area contributed by atoms with E-state index in [-0.39, 0.29) is 6.61 Å². The fraction of sp³-hybridized carbons (Fsp3) is 0.611. The predicted octanol–water partition coefficient (Wildman–Crippen LogP) is 4.75. The molecule has 0 aliphatic carbocycles. The van der Waals surface area contributed by atoms with Crippen LogP contribution in [0.3, 0.4) is 0 Å². The summed E-state index contributed by atoms with van der Waals surface area (Å²) < 4.78 is 0. The first-order valence-electron chi connectivity index (χ1n) is 7.91. The summed E-state index contributed by atoms with van der Waals surface area (Å²) >= 11 is 0. The zero-order valence-electron chi connectivity index (χ0n) is 12.7. The number of allylic oxidation sites excluding steroid dienone is 5. The molecule has 20 heavy (non-hydrogen) atoms. The average Bonchev–Trinajstić information content (AvgIpc) is 2.47. The summed E-state index contributed by atoms with van der Waals surface area (Å²) in [6.45, 7) is 0.236. The van der Waals surface area contributed by atoms with Gasteiger partial charge in [0.2, 0.25) is 0 Å². The lowest BCUT2D eigenvalue weighted by Crippen LogP contribution is -1.80. The molecule has 0 amide bonds. The van der Waals surface area contributed by atoms with Crippen molar-refractivity contribution in [1.29, 1.82) is 0 Å². The fourth-order valence-electron chi connectivity index (χ4n) is 1.87. The van der Waals surface area contributed by atoms with Crippen LogP contribution < -0.4 is 0 Å². The molecule has 0 radical (unpaired) electrons. The number of hydrogen-bond acceptors (Lipinski definition) is 2. The Morgan fingerprint density at radius 3 is 1.70 bits per heavy atom. The molecule has 0 aromatic rings. The standard InChI is InChI=1S/C18H30O2/c19-17-15-13-11-9-7-5-3-1-2-4-6-8-10-12-14-16-18-20/h1-2,5,7,11,13,18-19H,3-4,6,8-10,12,14-17H2. The SMILES string of the molecule is O=CCCCCCCCC=CCC=CCC=CCCO. The minimum Gasteiger partial charge on any atom is -0.396 e. The van der Waals surface area contributed by atoms with E-state index >= 15 is 0 Å². The van der Waals surface area contributed by atoms with E-state index in [0.717, 1.165) is 44.8 Å². The molecule has 0 saturated heterocycles. The van der Waals surface area contributed by atoms with E-state index < -0.39 is 0 Å². The van der Waals surface area contributed by atoms with Crippen molar-refractivity contribution in [2.75, 3.05) is 6.61 Å². The highest BCUT2D eigenvalue weighted by Crippen LogP contribution is 2.07. The first-order valence-corrected chi connectivity index (χ1v) is 7.91. The van der Waals surface area contributed by atoms with Gasteiger partial charge in [-0.25, -0.2) is 0 Å². The fourth-order valence-corrected chi connectivity index (χ4v) is 1.87. The van der Waals surface area contributed by atoms with E-state index in [2.05, 4.69) is 30.4 Å². The second-order valence-corrected chi connectivity index (χ2v) is 4.91. The summed E-state index contributed by atoms with van der Waals surface area (Å²) in [5.74, 6) is 0. The summed E-state index contributed by atoms with van der Waals surface area (Å²) in [6, 6.07) is 0. The molecule has 0 bridgehead atoms. The van der Waals surface area contributed by atoms with Gasteiger partial charge in [0.1, 0.15) is 6.29 Å². The highest BCUT2D eigenvalue weighted by atomic mass is 16.2. The molecule has 0 heterocycles. The Morgan fingerprint density at radius 1 is 0.600 bits per heavy atom. The van der Waals surface area contributed by atoms with Crippen LogP contribution in [0, 0.1) is 0 Å². The van der Waals surface area contributed by atoms with Crippen molar-refractivity contribution in [3.05, 3.63) is 36.5 Å². The molecule has 1 N–H and O–H groups in total. The Balaban J connectivity index is 3.23. The third kappa shape index (κ3) is 16.9. The summed E-state index contributed by atoms with van der Waals surface area (Å²) in [4.78, 5) is 10.1. The first-order chi connectivity index (χ1) is 9.91. The van der Waals surface area contributed by atoms with Crippen molar-refractivity contribution in [2.45, 2.75) is 64.2 Å². The van der Waals surface area contributed by atoms with E-state index in [4.69, 9.17) is 5.11 Å². The van der Waals surface area contributed by atoms with Gasteiger partial charge in [-0.3, -0.25) is 0 Å². The van der Waals surface area contributed by atoms with Gasteiger partial charge in [0.25, 0.3) is 0 Å². The summed E-state index contributed by atoms with van der Waals surface area (Å²) in [7, 11) is 0. The summed E-state index contributed by atoms with van der Waals surface area (Å²) in [5, 5.41) is 8.59. The van der Waals surface area contributed by atoms with Gasteiger partial charge in [-0.15, -0.1) is 0 Å². The van der Waals surface area contributed by atoms with Gasteiger partial charge >= 0.3 is 0 Å². The van der Waals surface area contributed by atoms with E-state index in [9.17, 15) is 4.79 Å². The van der Waals surface area contributed by atoms with Gasteiger partial charge in [0, 0.05) is 13.0 Å². The molecular weight excluding hydrogens is 248 g/mol. The van der Waals surface area contributed by atoms with Crippen molar-refractivity contribution in [3.8, 4) is 0 Å². The average molecular weight is 278 g/mol.